The Morgan fingerprint density at radius 2 is 1.73 bits per heavy atom. The summed E-state index contributed by atoms with van der Waals surface area (Å²) in [7, 11) is 0. The molecule has 3 aromatic rings. The summed E-state index contributed by atoms with van der Waals surface area (Å²) in [6, 6.07) is 11.8. The van der Waals surface area contributed by atoms with E-state index in [1.807, 2.05) is 12.1 Å². The number of hydrogen-bond donors (Lipinski definition) is 4. The Kier molecular flexibility index (Phi) is 5.92. The standard InChI is InChI=1S/C21H19BrO8/c22-11-3-1-10(2-4-11)14-9-28-15-7-12(5-6-13(15)17(14)24)29-21-20(27)19(26)18(25)16(8-23)30-21/h1-7,9,16,18-21,23,25-27H,8H2/t16-,18-,19-,20+,21+/m1/s1. The molecule has 158 valence electrons. The van der Waals surface area contributed by atoms with Crippen LogP contribution in [0.2, 0.25) is 0 Å². The van der Waals surface area contributed by atoms with Crippen molar-refractivity contribution in [3.05, 3.63) is 63.4 Å². The molecule has 1 saturated heterocycles. The van der Waals surface area contributed by atoms with Crippen molar-refractivity contribution < 1.29 is 34.3 Å². The molecule has 1 fully saturated rings. The SMILES string of the molecule is O=c1c(-c2ccc(Br)cc2)coc2cc(O[C@H]3O[C@H](CO)[C@@H](O)[C@@H](O)[C@@H]3O)ccc12. The number of halogens is 1. The van der Waals surface area contributed by atoms with Crippen LogP contribution in [0.15, 0.2) is 62.4 Å². The topological polar surface area (TPSA) is 130 Å². The third-order valence-electron chi connectivity index (χ3n) is 5.00. The van der Waals surface area contributed by atoms with Crippen molar-refractivity contribution in [1.29, 1.82) is 0 Å². The van der Waals surface area contributed by atoms with E-state index in [-0.39, 0.29) is 16.8 Å². The van der Waals surface area contributed by atoms with Crippen LogP contribution in [0, 0.1) is 0 Å². The minimum atomic E-state index is -1.55. The molecule has 1 aliphatic rings. The van der Waals surface area contributed by atoms with Crippen LogP contribution in [0.25, 0.3) is 22.1 Å². The number of benzene rings is 2. The van der Waals surface area contributed by atoms with E-state index in [1.54, 1.807) is 12.1 Å². The predicted octanol–water partition coefficient (Wildman–Crippen LogP) is 1.40. The number of rotatable bonds is 4. The fourth-order valence-corrected chi connectivity index (χ4v) is 3.57. The second-order valence-electron chi connectivity index (χ2n) is 6.96. The van der Waals surface area contributed by atoms with Crippen molar-refractivity contribution in [3.63, 3.8) is 0 Å². The average molecular weight is 479 g/mol. The van der Waals surface area contributed by atoms with Gasteiger partial charge in [-0.1, -0.05) is 28.1 Å². The molecule has 0 amide bonds. The summed E-state index contributed by atoms with van der Waals surface area (Å²) in [4.78, 5) is 12.9. The molecular formula is C21H19BrO8. The van der Waals surface area contributed by atoms with Gasteiger partial charge in [0.2, 0.25) is 6.29 Å². The number of aliphatic hydroxyl groups excluding tert-OH is 4. The zero-order chi connectivity index (χ0) is 21.4. The van der Waals surface area contributed by atoms with Gasteiger partial charge in [-0.2, -0.15) is 0 Å². The Bertz CT molecular complexity index is 1090. The lowest BCUT2D eigenvalue weighted by Gasteiger charge is -2.39. The highest BCUT2D eigenvalue weighted by Gasteiger charge is 2.44. The minimum Gasteiger partial charge on any atom is -0.463 e. The smallest absolute Gasteiger partial charge is 0.229 e. The van der Waals surface area contributed by atoms with Crippen molar-refractivity contribution in [2.24, 2.45) is 0 Å². The largest absolute Gasteiger partial charge is 0.463 e. The van der Waals surface area contributed by atoms with Crippen LogP contribution < -0.4 is 10.2 Å². The molecule has 8 nitrogen and oxygen atoms in total. The first-order valence-electron chi connectivity index (χ1n) is 9.17. The van der Waals surface area contributed by atoms with Crippen LogP contribution in [0.1, 0.15) is 0 Å². The van der Waals surface area contributed by atoms with E-state index in [2.05, 4.69) is 15.9 Å². The van der Waals surface area contributed by atoms with Crippen LogP contribution in [0.5, 0.6) is 5.75 Å². The maximum atomic E-state index is 12.9. The second kappa shape index (κ2) is 8.46. The van der Waals surface area contributed by atoms with Crippen molar-refractivity contribution in [2.45, 2.75) is 30.7 Å². The summed E-state index contributed by atoms with van der Waals surface area (Å²) < 4.78 is 17.4. The van der Waals surface area contributed by atoms with Gasteiger partial charge in [-0.05, 0) is 29.8 Å². The summed E-state index contributed by atoms with van der Waals surface area (Å²) in [5, 5.41) is 39.4. The van der Waals surface area contributed by atoms with E-state index in [4.69, 9.17) is 13.9 Å². The third-order valence-corrected chi connectivity index (χ3v) is 5.53. The summed E-state index contributed by atoms with van der Waals surface area (Å²) >= 11 is 3.36. The van der Waals surface area contributed by atoms with Crippen molar-refractivity contribution >= 4 is 26.9 Å². The van der Waals surface area contributed by atoms with Crippen LogP contribution >= 0.6 is 15.9 Å². The van der Waals surface area contributed by atoms with Gasteiger partial charge in [0, 0.05) is 10.5 Å². The van der Waals surface area contributed by atoms with E-state index in [1.165, 1.54) is 24.5 Å². The minimum absolute atomic E-state index is 0.210. The molecule has 4 N–H and O–H groups in total. The summed E-state index contributed by atoms with van der Waals surface area (Å²) in [6.45, 7) is -0.559. The molecule has 0 saturated carbocycles. The number of ether oxygens (including phenoxy) is 2. The molecule has 1 aliphatic heterocycles. The summed E-state index contributed by atoms with van der Waals surface area (Å²) in [5.74, 6) is 0.214. The van der Waals surface area contributed by atoms with Gasteiger partial charge in [0.1, 0.15) is 42.0 Å². The van der Waals surface area contributed by atoms with E-state index in [9.17, 15) is 25.2 Å². The maximum absolute atomic E-state index is 12.9. The fraction of sp³-hybridized carbons (Fsp3) is 0.286. The molecule has 30 heavy (non-hydrogen) atoms. The first-order chi connectivity index (χ1) is 14.4. The molecule has 0 radical (unpaired) electrons. The average Bonchev–Trinajstić information content (AvgIpc) is 2.75. The lowest BCUT2D eigenvalue weighted by molar-refractivity contribution is -0.277. The number of aliphatic hydroxyl groups is 4. The van der Waals surface area contributed by atoms with Gasteiger partial charge in [0.05, 0.1) is 17.6 Å². The molecule has 2 heterocycles. The second-order valence-corrected chi connectivity index (χ2v) is 7.87. The first kappa shape index (κ1) is 21.0. The first-order valence-corrected chi connectivity index (χ1v) is 9.97. The lowest BCUT2D eigenvalue weighted by Crippen LogP contribution is -2.60. The van der Waals surface area contributed by atoms with Gasteiger partial charge < -0.3 is 34.3 Å². The van der Waals surface area contributed by atoms with Crippen molar-refractivity contribution in [3.8, 4) is 16.9 Å². The molecule has 0 unspecified atom stereocenters. The highest BCUT2D eigenvalue weighted by molar-refractivity contribution is 9.10. The van der Waals surface area contributed by atoms with Gasteiger partial charge >= 0.3 is 0 Å². The van der Waals surface area contributed by atoms with Crippen LogP contribution in [0.4, 0.5) is 0 Å². The molecule has 5 atom stereocenters. The highest BCUT2D eigenvalue weighted by Crippen LogP contribution is 2.27. The highest BCUT2D eigenvalue weighted by atomic mass is 79.9. The Balaban J connectivity index is 1.62. The molecule has 0 spiro atoms. The van der Waals surface area contributed by atoms with Gasteiger partial charge in [-0.3, -0.25) is 4.79 Å². The Hall–Kier alpha value is -2.27. The van der Waals surface area contributed by atoms with Gasteiger partial charge in [-0.25, -0.2) is 0 Å². The molecule has 9 heteroatoms. The van der Waals surface area contributed by atoms with Gasteiger partial charge in [-0.15, -0.1) is 0 Å². The molecule has 1 aromatic heterocycles. The Morgan fingerprint density at radius 3 is 2.43 bits per heavy atom. The van der Waals surface area contributed by atoms with Crippen molar-refractivity contribution in [2.75, 3.05) is 6.61 Å². The van der Waals surface area contributed by atoms with E-state index in [0.29, 0.717) is 10.9 Å². The monoisotopic (exact) mass is 478 g/mol. The Labute approximate surface area is 179 Å². The molecular weight excluding hydrogens is 460 g/mol. The number of hydrogen-bond acceptors (Lipinski definition) is 8. The normalized spacial score (nSPS) is 26.6. The molecule has 0 bridgehead atoms. The quantitative estimate of drug-likeness (QED) is 0.442. The third kappa shape index (κ3) is 3.87. The molecule has 4 rings (SSSR count). The molecule has 2 aromatic carbocycles. The van der Waals surface area contributed by atoms with Crippen molar-refractivity contribution in [1.82, 2.24) is 0 Å². The Morgan fingerprint density at radius 1 is 1.00 bits per heavy atom. The summed E-state index contributed by atoms with van der Waals surface area (Å²) in [6.07, 6.45) is -5.60. The summed E-state index contributed by atoms with van der Waals surface area (Å²) in [5.41, 5.74) is 1.19. The van der Waals surface area contributed by atoms with Gasteiger partial charge in [0.25, 0.3) is 0 Å². The van der Waals surface area contributed by atoms with E-state index < -0.39 is 37.3 Å². The van der Waals surface area contributed by atoms with Gasteiger partial charge in [0.15, 0.2) is 5.43 Å². The number of fused-ring (bicyclic) bond motifs is 1. The predicted molar refractivity (Wildman–Crippen MR) is 110 cm³/mol. The van der Waals surface area contributed by atoms with E-state index in [0.717, 1.165) is 10.0 Å². The van der Waals surface area contributed by atoms with Crippen LogP contribution in [-0.2, 0) is 4.74 Å². The zero-order valence-corrected chi connectivity index (χ0v) is 17.1. The van der Waals surface area contributed by atoms with Crippen LogP contribution in [0.3, 0.4) is 0 Å². The molecule has 0 aliphatic carbocycles. The zero-order valence-electron chi connectivity index (χ0n) is 15.5. The maximum Gasteiger partial charge on any atom is 0.229 e. The van der Waals surface area contributed by atoms with E-state index >= 15 is 0 Å². The van der Waals surface area contributed by atoms with Crippen LogP contribution in [-0.4, -0.2) is 57.7 Å². The fourth-order valence-electron chi connectivity index (χ4n) is 3.31. The lowest BCUT2D eigenvalue weighted by atomic mass is 9.99.